The van der Waals surface area contributed by atoms with Crippen molar-refractivity contribution < 1.29 is 4.74 Å². The van der Waals surface area contributed by atoms with Crippen LogP contribution in [0.2, 0.25) is 0 Å². The number of benzene rings is 1. The molecule has 0 aliphatic heterocycles. The maximum atomic E-state index is 5.75. The zero-order valence-corrected chi connectivity index (χ0v) is 13.0. The van der Waals surface area contributed by atoms with E-state index in [4.69, 9.17) is 4.74 Å². The molecule has 1 aromatic heterocycles. The molecule has 2 aromatic rings. The van der Waals surface area contributed by atoms with E-state index in [0.717, 1.165) is 25.3 Å². The van der Waals surface area contributed by atoms with Crippen LogP contribution >= 0.6 is 0 Å². The largest absolute Gasteiger partial charge is 0.375 e. The topological polar surface area (TPSA) is 52.0 Å². The first-order valence-electron chi connectivity index (χ1n) is 7.47. The van der Waals surface area contributed by atoms with Crippen molar-refractivity contribution in [1.29, 1.82) is 0 Å². The van der Waals surface area contributed by atoms with Crippen LogP contribution in [0.15, 0.2) is 36.7 Å². The summed E-state index contributed by atoms with van der Waals surface area (Å²) < 4.78 is 7.69. The Labute approximate surface area is 126 Å². The number of ether oxygens (including phenoxy) is 1. The molecule has 114 valence electrons. The van der Waals surface area contributed by atoms with Crippen molar-refractivity contribution in [2.75, 3.05) is 13.7 Å². The number of nitrogens with one attached hydrogen (secondary N) is 1. The standard InChI is InChI=1S/C16H24N4O/c1-4-17-14(11-15-18-12-19-20(15)5-2)16(21-3)13-9-7-6-8-10-13/h6-10,12,14,16-17H,4-5,11H2,1-3H3. The second-order valence-corrected chi connectivity index (χ2v) is 4.93. The van der Waals surface area contributed by atoms with E-state index in [1.165, 1.54) is 5.56 Å². The maximum absolute atomic E-state index is 5.75. The third-order valence-electron chi connectivity index (χ3n) is 3.61. The van der Waals surface area contributed by atoms with E-state index in [0.29, 0.717) is 0 Å². The molecule has 2 atom stereocenters. The molecule has 0 saturated heterocycles. The Bertz CT molecular complexity index is 526. The highest BCUT2D eigenvalue weighted by Crippen LogP contribution is 2.22. The summed E-state index contributed by atoms with van der Waals surface area (Å²) in [6, 6.07) is 10.5. The summed E-state index contributed by atoms with van der Waals surface area (Å²) >= 11 is 0. The molecule has 0 saturated carbocycles. The summed E-state index contributed by atoms with van der Waals surface area (Å²) in [7, 11) is 1.76. The van der Waals surface area contributed by atoms with Crippen molar-refractivity contribution in [2.24, 2.45) is 0 Å². The predicted octanol–water partition coefficient (Wildman–Crippen LogP) is 2.21. The molecule has 1 aromatic carbocycles. The van der Waals surface area contributed by atoms with E-state index in [9.17, 15) is 0 Å². The summed E-state index contributed by atoms with van der Waals surface area (Å²) in [5.41, 5.74) is 1.17. The van der Waals surface area contributed by atoms with Gasteiger partial charge in [-0.25, -0.2) is 4.98 Å². The van der Waals surface area contributed by atoms with Crippen LogP contribution < -0.4 is 5.32 Å². The number of nitrogens with zero attached hydrogens (tertiary/aromatic N) is 3. The van der Waals surface area contributed by atoms with Crippen LogP contribution in [0, 0.1) is 0 Å². The number of aromatic nitrogens is 3. The van der Waals surface area contributed by atoms with Crippen molar-refractivity contribution in [3.63, 3.8) is 0 Å². The first kappa shape index (κ1) is 15.7. The van der Waals surface area contributed by atoms with E-state index in [-0.39, 0.29) is 12.1 Å². The predicted molar refractivity (Wildman–Crippen MR) is 83.1 cm³/mol. The molecular weight excluding hydrogens is 264 g/mol. The van der Waals surface area contributed by atoms with Crippen LogP contribution in [0.3, 0.4) is 0 Å². The molecule has 5 heteroatoms. The summed E-state index contributed by atoms with van der Waals surface area (Å²) in [6.45, 7) is 5.90. The van der Waals surface area contributed by atoms with Crippen molar-refractivity contribution in [3.8, 4) is 0 Å². The minimum Gasteiger partial charge on any atom is -0.375 e. The molecule has 21 heavy (non-hydrogen) atoms. The highest BCUT2D eigenvalue weighted by atomic mass is 16.5. The normalized spacial score (nSPS) is 14.0. The van der Waals surface area contributed by atoms with Crippen LogP contribution in [0.25, 0.3) is 0 Å². The summed E-state index contributed by atoms with van der Waals surface area (Å²) in [6.07, 6.45) is 2.40. The number of likely N-dealkylation sites (N-methyl/N-ethyl adjacent to an activating group) is 1. The van der Waals surface area contributed by atoms with Gasteiger partial charge in [-0.2, -0.15) is 5.10 Å². The molecule has 0 amide bonds. The smallest absolute Gasteiger partial charge is 0.138 e. The molecule has 0 aliphatic carbocycles. The lowest BCUT2D eigenvalue weighted by atomic mass is 9.99. The van der Waals surface area contributed by atoms with Gasteiger partial charge in [-0.1, -0.05) is 37.3 Å². The fourth-order valence-corrected chi connectivity index (χ4v) is 2.63. The van der Waals surface area contributed by atoms with Crippen LogP contribution in [-0.2, 0) is 17.7 Å². The van der Waals surface area contributed by atoms with Gasteiger partial charge in [0.25, 0.3) is 0 Å². The lowest BCUT2D eigenvalue weighted by molar-refractivity contribution is 0.0674. The van der Waals surface area contributed by atoms with E-state index in [1.54, 1.807) is 13.4 Å². The second-order valence-electron chi connectivity index (χ2n) is 4.93. The van der Waals surface area contributed by atoms with Gasteiger partial charge in [-0.05, 0) is 19.0 Å². The third kappa shape index (κ3) is 3.89. The Kier molecular flexibility index (Phi) is 5.90. The molecule has 0 aliphatic rings. The zero-order valence-electron chi connectivity index (χ0n) is 13.0. The van der Waals surface area contributed by atoms with Gasteiger partial charge in [0, 0.05) is 26.1 Å². The molecule has 0 spiro atoms. The van der Waals surface area contributed by atoms with Gasteiger partial charge in [-0.3, -0.25) is 4.68 Å². The van der Waals surface area contributed by atoms with Crippen LogP contribution in [-0.4, -0.2) is 34.5 Å². The van der Waals surface area contributed by atoms with Gasteiger partial charge < -0.3 is 10.1 Å². The van der Waals surface area contributed by atoms with Crippen LogP contribution in [0.5, 0.6) is 0 Å². The summed E-state index contributed by atoms with van der Waals surface area (Å²) in [4.78, 5) is 4.38. The minimum atomic E-state index is -0.00634. The van der Waals surface area contributed by atoms with Crippen molar-refractivity contribution in [2.45, 2.75) is 39.0 Å². The van der Waals surface area contributed by atoms with Gasteiger partial charge in [0.2, 0.25) is 0 Å². The first-order valence-corrected chi connectivity index (χ1v) is 7.47. The Hall–Kier alpha value is -1.72. The van der Waals surface area contributed by atoms with Gasteiger partial charge >= 0.3 is 0 Å². The molecule has 1 N–H and O–H groups in total. The number of aryl methyl sites for hydroxylation is 1. The molecule has 0 bridgehead atoms. The minimum absolute atomic E-state index is 0.00634. The lowest BCUT2D eigenvalue weighted by Gasteiger charge is -2.27. The summed E-state index contributed by atoms with van der Waals surface area (Å²) in [5.74, 6) is 0.987. The molecule has 2 unspecified atom stereocenters. The second kappa shape index (κ2) is 7.90. The van der Waals surface area contributed by atoms with Crippen molar-refractivity contribution in [1.82, 2.24) is 20.1 Å². The van der Waals surface area contributed by atoms with Gasteiger partial charge in [0.1, 0.15) is 12.2 Å². The summed E-state index contributed by atoms with van der Waals surface area (Å²) in [5, 5.41) is 7.76. The van der Waals surface area contributed by atoms with E-state index in [2.05, 4.69) is 41.4 Å². The van der Waals surface area contributed by atoms with E-state index in [1.807, 2.05) is 22.9 Å². The first-order chi connectivity index (χ1) is 10.3. The number of hydrogen-bond acceptors (Lipinski definition) is 4. The Morgan fingerprint density at radius 2 is 2.00 bits per heavy atom. The maximum Gasteiger partial charge on any atom is 0.138 e. The highest BCUT2D eigenvalue weighted by Gasteiger charge is 2.24. The lowest BCUT2D eigenvalue weighted by Crippen LogP contribution is -2.38. The Balaban J connectivity index is 2.20. The van der Waals surface area contributed by atoms with Crippen LogP contribution in [0.4, 0.5) is 0 Å². The average Bonchev–Trinajstić information content (AvgIpc) is 2.96. The molecule has 1 heterocycles. The van der Waals surface area contributed by atoms with E-state index >= 15 is 0 Å². The van der Waals surface area contributed by atoms with Gasteiger partial charge in [-0.15, -0.1) is 0 Å². The third-order valence-corrected chi connectivity index (χ3v) is 3.61. The average molecular weight is 288 g/mol. The van der Waals surface area contributed by atoms with E-state index < -0.39 is 0 Å². The quantitative estimate of drug-likeness (QED) is 0.809. The van der Waals surface area contributed by atoms with Crippen LogP contribution in [0.1, 0.15) is 31.3 Å². The Morgan fingerprint density at radius 1 is 1.24 bits per heavy atom. The number of methoxy groups -OCH3 is 1. The molecular formula is C16H24N4O. The van der Waals surface area contributed by atoms with Crippen molar-refractivity contribution in [3.05, 3.63) is 48.0 Å². The molecule has 0 fully saturated rings. The fourth-order valence-electron chi connectivity index (χ4n) is 2.63. The van der Waals surface area contributed by atoms with Gasteiger partial charge in [0.05, 0.1) is 6.10 Å². The SMILES string of the molecule is CCNC(Cc1ncnn1CC)C(OC)c1ccccc1. The molecule has 0 radical (unpaired) electrons. The highest BCUT2D eigenvalue weighted by molar-refractivity contribution is 5.19. The zero-order chi connectivity index (χ0) is 15.1. The van der Waals surface area contributed by atoms with Crippen molar-refractivity contribution >= 4 is 0 Å². The number of rotatable bonds is 8. The number of hydrogen-bond donors (Lipinski definition) is 1. The molecule has 5 nitrogen and oxygen atoms in total. The fraction of sp³-hybridized carbons (Fsp3) is 0.500. The Morgan fingerprint density at radius 3 is 2.62 bits per heavy atom. The monoisotopic (exact) mass is 288 g/mol. The molecule has 2 rings (SSSR count). The van der Waals surface area contributed by atoms with Gasteiger partial charge in [0.15, 0.2) is 0 Å².